The Hall–Kier alpha value is -0.120. The average molecular weight is 257 g/mol. The minimum absolute atomic E-state index is 0.0984. The van der Waals surface area contributed by atoms with E-state index in [0.717, 1.165) is 0 Å². The molecule has 1 rings (SSSR count). The Bertz CT molecular complexity index is 211. The highest BCUT2D eigenvalue weighted by Gasteiger charge is 2.27. The molecule has 0 aromatic rings. The van der Waals surface area contributed by atoms with Gasteiger partial charge in [-0.2, -0.15) is 0 Å². The van der Waals surface area contributed by atoms with Crippen molar-refractivity contribution in [2.75, 3.05) is 13.2 Å². The molecule has 1 fully saturated rings. The van der Waals surface area contributed by atoms with Gasteiger partial charge in [-0.1, -0.05) is 26.2 Å². The Kier molecular flexibility index (Phi) is 7.87. The summed E-state index contributed by atoms with van der Waals surface area (Å²) in [5, 5.41) is 0. The summed E-state index contributed by atoms with van der Waals surface area (Å²) < 4.78 is 11.4. The van der Waals surface area contributed by atoms with E-state index >= 15 is 0 Å². The molecule has 108 valence electrons. The fourth-order valence-corrected chi connectivity index (χ4v) is 2.88. The summed E-state index contributed by atoms with van der Waals surface area (Å²) in [4.78, 5) is 2.54. The number of likely N-dealkylation sites (tertiary alicyclic amines) is 1. The summed E-state index contributed by atoms with van der Waals surface area (Å²) in [6.45, 7) is 10.3. The SMILES string of the molecule is CCCCC1CCCCN1C(C)OC(C)OCC. The molecule has 1 aliphatic rings. The maximum atomic E-state index is 5.94. The second-order valence-electron chi connectivity index (χ2n) is 5.29. The highest BCUT2D eigenvalue weighted by molar-refractivity contribution is 4.78. The van der Waals surface area contributed by atoms with Crippen LogP contribution in [0.2, 0.25) is 0 Å². The predicted molar refractivity (Wildman–Crippen MR) is 75.5 cm³/mol. The van der Waals surface area contributed by atoms with Gasteiger partial charge in [-0.3, -0.25) is 4.90 Å². The number of hydrogen-bond acceptors (Lipinski definition) is 3. The van der Waals surface area contributed by atoms with Crippen LogP contribution in [0.25, 0.3) is 0 Å². The molecule has 18 heavy (non-hydrogen) atoms. The molecule has 0 aromatic carbocycles. The van der Waals surface area contributed by atoms with E-state index in [0.29, 0.717) is 12.6 Å². The maximum Gasteiger partial charge on any atom is 0.156 e. The first kappa shape index (κ1) is 15.9. The van der Waals surface area contributed by atoms with Crippen molar-refractivity contribution in [2.45, 2.75) is 84.8 Å². The lowest BCUT2D eigenvalue weighted by Gasteiger charge is -2.40. The zero-order valence-electron chi connectivity index (χ0n) is 12.7. The number of piperidine rings is 1. The molecular weight excluding hydrogens is 226 g/mol. The van der Waals surface area contributed by atoms with Crippen LogP contribution in [-0.4, -0.2) is 36.6 Å². The van der Waals surface area contributed by atoms with E-state index in [9.17, 15) is 0 Å². The number of nitrogens with zero attached hydrogens (tertiary/aromatic N) is 1. The number of rotatable bonds is 8. The molecule has 0 amide bonds. The maximum absolute atomic E-state index is 5.94. The van der Waals surface area contributed by atoms with E-state index in [1.807, 2.05) is 13.8 Å². The van der Waals surface area contributed by atoms with Crippen molar-refractivity contribution >= 4 is 0 Å². The first-order valence-electron chi connectivity index (χ1n) is 7.71. The summed E-state index contributed by atoms with van der Waals surface area (Å²) in [5.41, 5.74) is 0. The Labute approximate surface area is 113 Å². The van der Waals surface area contributed by atoms with Gasteiger partial charge in [0.2, 0.25) is 0 Å². The van der Waals surface area contributed by atoms with Gasteiger partial charge in [0.25, 0.3) is 0 Å². The van der Waals surface area contributed by atoms with E-state index in [-0.39, 0.29) is 12.5 Å². The smallest absolute Gasteiger partial charge is 0.156 e. The molecule has 0 saturated carbocycles. The van der Waals surface area contributed by atoms with Crippen molar-refractivity contribution in [3.05, 3.63) is 0 Å². The van der Waals surface area contributed by atoms with Crippen LogP contribution in [0.15, 0.2) is 0 Å². The molecular formula is C15H31NO2. The summed E-state index contributed by atoms with van der Waals surface area (Å²) in [6.07, 6.45) is 8.01. The average Bonchev–Trinajstić information content (AvgIpc) is 2.36. The molecule has 3 atom stereocenters. The third-order valence-electron chi connectivity index (χ3n) is 3.82. The van der Waals surface area contributed by atoms with Crippen molar-refractivity contribution in [2.24, 2.45) is 0 Å². The van der Waals surface area contributed by atoms with Crippen molar-refractivity contribution in [3.63, 3.8) is 0 Å². The van der Waals surface area contributed by atoms with Crippen molar-refractivity contribution < 1.29 is 9.47 Å². The summed E-state index contributed by atoms with van der Waals surface area (Å²) in [7, 11) is 0. The number of unbranched alkanes of at least 4 members (excludes halogenated alkanes) is 1. The Morgan fingerprint density at radius 2 is 2.00 bits per heavy atom. The highest BCUT2D eigenvalue weighted by atomic mass is 16.7. The molecule has 1 heterocycles. The number of ether oxygens (including phenoxy) is 2. The van der Waals surface area contributed by atoms with Gasteiger partial charge in [0.1, 0.15) is 6.23 Å². The minimum atomic E-state index is -0.0984. The molecule has 1 saturated heterocycles. The fraction of sp³-hybridized carbons (Fsp3) is 1.00. The quantitative estimate of drug-likeness (QED) is 0.618. The van der Waals surface area contributed by atoms with Crippen LogP contribution < -0.4 is 0 Å². The van der Waals surface area contributed by atoms with Crippen LogP contribution in [0.4, 0.5) is 0 Å². The summed E-state index contributed by atoms with van der Waals surface area (Å²) in [6, 6.07) is 0.711. The molecule has 0 N–H and O–H groups in total. The molecule has 1 aliphatic heterocycles. The zero-order chi connectivity index (χ0) is 13.4. The normalized spacial score (nSPS) is 25.0. The van der Waals surface area contributed by atoms with E-state index in [4.69, 9.17) is 9.47 Å². The molecule has 0 radical (unpaired) electrons. The lowest BCUT2D eigenvalue weighted by Crippen LogP contribution is -2.47. The van der Waals surface area contributed by atoms with Crippen LogP contribution in [0.1, 0.15) is 66.2 Å². The molecule has 3 nitrogen and oxygen atoms in total. The molecule has 0 aromatic heterocycles. The standard InChI is InChI=1S/C15H31NO2/c1-5-7-10-15-11-8-9-12-16(15)13(3)18-14(4)17-6-2/h13-15H,5-12H2,1-4H3. The molecule has 0 bridgehead atoms. The van der Waals surface area contributed by atoms with Crippen LogP contribution >= 0.6 is 0 Å². The van der Waals surface area contributed by atoms with E-state index < -0.39 is 0 Å². The lowest BCUT2D eigenvalue weighted by molar-refractivity contribution is -0.200. The second kappa shape index (κ2) is 8.89. The largest absolute Gasteiger partial charge is 0.353 e. The Morgan fingerprint density at radius 1 is 1.22 bits per heavy atom. The Balaban J connectivity index is 2.43. The van der Waals surface area contributed by atoms with Gasteiger partial charge in [0.05, 0.1) is 0 Å². The molecule has 0 spiro atoms. The first-order chi connectivity index (χ1) is 8.69. The molecule has 3 heteroatoms. The minimum Gasteiger partial charge on any atom is -0.353 e. The van der Waals surface area contributed by atoms with Crippen molar-refractivity contribution in [3.8, 4) is 0 Å². The summed E-state index contributed by atoms with van der Waals surface area (Å²) in [5.74, 6) is 0. The second-order valence-corrected chi connectivity index (χ2v) is 5.29. The topological polar surface area (TPSA) is 21.7 Å². The number of hydrogen-bond donors (Lipinski definition) is 0. The van der Waals surface area contributed by atoms with Crippen LogP contribution in [0.3, 0.4) is 0 Å². The molecule has 0 aliphatic carbocycles. The zero-order valence-corrected chi connectivity index (χ0v) is 12.7. The van der Waals surface area contributed by atoms with Crippen molar-refractivity contribution in [1.29, 1.82) is 0 Å². The third-order valence-corrected chi connectivity index (χ3v) is 3.82. The van der Waals surface area contributed by atoms with Gasteiger partial charge in [-0.25, -0.2) is 0 Å². The summed E-state index contributed by atoms with van der Waals surface area (Å²) >= 11 is 0. The first-order valence-corrected chi connectivity index (χ1v) is 7.71. The molecule has 3 unspecified atom stereocenters. The van der Waals surface area contributed by atoms with Crippen molar-refractivity contribution in [1.82, 2.24) is 4.90 Å². The van der Waals surface area contributed by atoms with Crippen LogP contribution in [-0.2, 0) is 9.47 Å². The van der Waals surface area contributed by atoms with Gasteiger partial charge in [-0.15, -0.1) is 0 Å². The fourth-order valence-electron chi connectivity index (χ4n) is 2.88. The monoisotopic (exact) mass is 257 g/mol. The predicted octanol–water partition coefficient (Wildman–Crippen LogP) is 3.78. The van der Waals surface area contributed by atoms with Gasteiger partial charge in [0.15, 0.2) is 6.29 Å². The van der Waals surface area contributed by atoms with Crippen LogP contribution in [0, 0.1) is 0 Å². The lowest BCUT2D eigenvalue weighted by atomic mass is 9.97. The van der Waals surface area contributed by atoms with Gasteiger partial charge >= 0.3 is 0 Å². The van der Waals surface area contributed by atoms with Gasteiger partial charge < -0.3 is 9.47 Å². The Morgan fingerprint density at radius 3 is 2.67 bits per heavy atom. The van der Waals surface area contributed by atoms with Crippen LogP contribution in [0.5, 0.6) is 0 Å². The van der Waals surface area contributed by atoms with Gasteiger partial charge in [-0.05, 0) is 40.0 Å². The highest BCUT2D eigenvalue weighted by Crippen LogP contribution is 2.24. The van der Waals surface area contributed by atoms with E-state index in [2.05, 4.69) is 18.7 Å². The van der Waals surface area contributed by atoms with E-state index in [1.54, 1.807) is 0 Å². The van der Waals surface area contributed by atoms with Gasteiger partial charge in [0, 0.05) is 19.2 Å². The van der Waals surface area contributed by atoms with E-state index in [1.165, 1.54) is 45.1 Å². The third kappa shape index (κ3) is 5.25.